The van der Waals surface area contributed by atoms with Crippen molar-refractivity contribution in [1.29, 1.82) is 0 Å². The summed E-state index contributed by atoms with van der Waals surface area (Å²) in [5, 5.41) is 3.49. The summed E-state index contributed by atoms with van der Waals surface area (Å²) in [6.07, 6.45) is 0. The van der Waals surface area contributed by atoms with E-state index in [4.69, 9.17) is 0 Å². The van der Waals surface area contributed by atoms with E-state index in [1.165, 1.54) is 26.8 Å². The molecule has 0 spiro atoms. The molecule has 0 bridgehead atoms. The smallest absolute Gasteiger partial charge is 0.0648 e. The zero-order valence-electron chi connectivity index (χ0n) is 10.0. The van der Waals surface area contributed by atoms with Gasteiger partial charge in [-0.2, -0.15) is 0 Å². The Bertz CT molecular complexity index is 871. The second kappa shape index (κ2) is 4.22. The van der Waals surface area contributed by atoms with Gasteiger partial charge in [0.2, 0.25) is 0 Å². The number of hydrogen-bond acceptors (Lipinski definition) is 1. The quantitative estimate of drug-likeness (QED) is 0.428. The summed E-state index contributed by atoms with van der Waals surface area (Å²) < 4.78 is 4.79. The highest BCUT2D eigenvalue weighted by Gasteiger charge is 2.12. The lowest BCUT2D eigenvalue weighted by molar-refractivity contribution is 1.18. The third-order valence-corrected chi connectivity index (χ3v) is 4.83. The fraction of sp³-hybridized carbons (Fsp3) is 0. The molecule has 0 unspecified atom stereocenters. The summed E-state index contributed by atoms with van der Waals surface area (Å²) >= 11 is 5.30. The first kappa shape index (κ1) is 11.3. The van der Waals surface area contributed by atoms with Gasteiger partial charge in [-0.15, -0.1) is 11.3 Å². The normalized spacial score (nSPS) is 11.4. The number of rotatable bonds is 1. The van der Waals surface area contributed by atoms with E-state index in [9.17, 15) is 0 Å². The molecular weight excluding hydrogens is 318 g/mol. The first-order valence-corrected chi connectivity index (χ1v) is 7.74. The fourth-order valence-electron chi connectivity index (χ4n) is 2.54. The molecule has 2 aromatic carbocycles. The highest BCUT2D eigenvalue weighted by atomic mass is 79.9. The third-order valence-electron chi connectivity index (χ3n) is 3.36. The van der Waals surface area contributed by atoms with Crippen molar-refractivity contribution in [3.05, 3.63) is 64.5 Å². The van der Waals surface area contributed by atoms with Crippen LogP contribution in [0, 0.1) is 0 Å². The molecule has 0 aliphatic carbocycles. The van der Waals surface area contributed by atoms with E-state index in [-0.39, 0.29) is 0 Å². The van der Waals surface area contributed by atoms with Gasteiger partial charge in [-0.25, -0.2) is 0 Å². The fourth-order valence-corrected chi connectivity index (χ4v) is 3.72. The summed E-state index contributed by atoms with van der Waals surface area (Å²) in [6.45, 7) is 0. The highest BCUT2D eigenvalue weighted by Crippen LogP contribution is 2.35. The van der Waals surface area contributed by atoms with Crippen LogP contribution in [-0.4, -0.2) is 4.57 Å². The molecule has 19 heavy (non-hydrogen) atoms. The molecule has 0 saturated carbocycles. The number of nitrogens with zero attached hydrogens (tertiary/aromatic N) is 1. The van der Waals surface area contributed by atoms with Crippen molar-refractivity contribution >= 4 is 48.4 Å². The van der Waals surface area contributed by atoms with Crippen LogP contribution in [0.2, 0.25) is 0 Å². The Kier molecular flexibility index (Phi) is 2.50. The molecule has 3 heteroatoms. The summed E-state index contributed by atoms with van der Waals surface area (Å²) in [7, 11) is 0. The number of aromatic nitrogens is 1. The van der Waals surface area contributed by atoms with Crippen LogP contribution in [0.5, 0.6) is 0 Å². The van der Waals surface area contributed by atoms with Crippen LogP contribution < -0.4 is 0 Å². The molecule has 0 amide bonds. The molecule has 0 aliphatic rings. The Morgan fingerprint density at radius 1 is 0.842 bits per heavy atom. The Morgan fingerprint density at radius 2 is 1.63 bits per heavy atom. The topological polar surface area (TPSA) is 4.93 Å². The van der Waals surface area contributed by atoms with Gasteiger partial charge in [-0.05, 0) is 41.8 Å². The van der Waals surface area contributed by atoms with Gasteiger partial charge in [-0.3, -0.25) is 0 Å². The molecule has 0 saturated heterocycles. The van der Waals surface area contributed by atoms with Gasteiger partial charge in [0.05, 0.1) is 15.7 Å². The number of thiophene rings is 1. The maximum atomic E-state index is 3.49. The van der Waals surface area contributed by atoms with E-state index < -0.39 is 0 Å². The Labute approximate surface area is 123 Å². The largest absolute Gasteiger partial charge is 0.308 e. The Morgan fingerprint density at radius 3 is 2.47 bits per heavy atom. The van der Waals surface area contributed by atoms with Crippen molar-refractivity contribution in [3.8, 4) is 5.69 Å². The molecule has 0 aliphatic heterocycles. The molecule has 4 rings (SSSR count). The van der Waals surface area contributed by atoms with Gasteiger partial charge < -0.3 is 4.57 Å². The molecule has 0 fully saturated rings. The predicted molar refractivity (Wildman–Crippen MR) is 86.4 cm³/mol. The average molecular weight is 328 g/mol. The number of benzene rings is 2. The van der Waals surface area contributed by atoms with Crippen molar-refractivity contribution < 1.29 is 0 Å². The van der Waals surface area contributed by atoms with Crippen molar-refractivity contribution in [2.24, 2.45) is 0 Å². The molecule has 92 valence electrons. The minimum atomic E-state index is 1.11. The highest BCUT2D eigenvalue weighted by molar-refractivity contribution is 9.10. The molecule has 0 atom stereocenters. The molecule has 1 nitrogen and oxygen atoms in total. The maximum Gasteiger partial charge on any atom is 0.0648 e. The van der Waals surface area contributed by atoms with Gasteiger partial charge in [0.25, 0.3) is 0 Å². The van der Waals surface area contributed by atoms with E-state index in [2.05, 4.69) is 80.5 Å². The first-order chi connectivity index (χ1) is 9.34. The zero-order chi connectivity index (χ0) is 12.8. The van der Waals surface area contributed by atoms with Crippen molar-refractivity contribution in [2.45, 2.75) is 0 Å². The minimum Gasteiger partial charge on any atom is -0.308 e. The Hall–Kier alpha value is -1.58. The van der Waals surface area contributed by atoms with Crippen LogP contribution in [0.25, 0.3) is 26.8 Å². The van der Waals surface area contributed by atoms with Crippen molar-refractivity contribution in [1.82, 2.24) is 4.57 Å². The van der Waals surface area contributed by atoms with Crippen molar-refractivity contribution in [3.63, 3.8) is 0 Å². The number of hydrogen-bond donors (Lipinski definition) is 0. The van der Waals surface area contributed by atoms with Crippen LogP contribution in [0.1, 0.15) is 0 Å². The Balaban J connectivity index is 2.15. The zero-order valence-corrected chi connectivity index (χ0v) is 12.4. The minimum absolute atomic E-state index is 1.11. The molecule has 4 aromatic rings. The summed E-state index contributed by atoms with van der Waals surface area (Å²) in [5.74, 6) is 0. The maximum absolute atomic E-state index is 3.49. The SMILES string of the molecule is Brc1ccc(-n2c3ccccc3c3sccc32)cc1. The second-order valence-corrected chi connectivity index (χ2v) is 6.30. The van der Waals surface area contributed by atoms with Crippen LogP contribution in [0.15, 0.2) is 64.5 Å². The summed E-state index contributed by atoms with van der Waals surface area (Å²) in [4.78, 5) is 0. The lowest BCUT2D eigenvalue weighted by Crippen LogP contribution is -1.92. The van der Waals surface area contributed by atoms with Gasteiger partial charge in [0, 0.05) is 15.5 Å². The molecule has 2 aromatic heterocycles. The van der Waals surface area contributed by atoms with Gasteiger partial charge in [0.15, 0.2) is 0 Å². The number of fused-ring (bicyclic) bond motifs is 3. The third kappa shape index (κ3) is 1.66. The van der Waals surface area contributed by atoms with E-state index in [1.54, 1.807) is 11.3 Å². The summed E-state index contributed by atoms with van der Waals surface area (Å²) in [5.41, 5.74) is 3.76. The average Bonchev–Trinajstić information content (AvgIpc) is 3.00. The first-order valence-electron chi connectivity index (χ1n) is 6.07. The van der Waals surface area contributed by atoms with E-state index in [0.717, 1.165) is 4.47 Å². The van der Waals surface area contributed by atoms with Crippen molar-refractivity contribution in [2.75, 3.05) is 0 Å². The second-order valence-electron chi connectivity index (χ2n) is 4.46. The molecule has 0 N–H and O–H groups in total. The van der Waals surface area contributed by atoms with E-state index in [0.29, 0.717) is 0 Å². The van der Waals surface area contributed by atoms with E-state index in [1.807, 2.05) is 0 Å². The molecular formula is C16H10BrNS. The van der Waals surface area contributed by atoms with Gasteiger partial charge >= 0.3 is 0 Å². The monoisotopic (exact) mass is 327 g/mol. The molecule has 0 radical (unpaired) electrons. The lowest BCUT2D eigenvalue weighted by atomic mass is 10.2. The van der Waals surface area contributed by atoms with E-state index >= 15 is 0 Å². The number of halogens is 1. The predicted octanol–water partition coefficient (Wildman–Crippen LogP) is 5.61. The lowest BCUT2D eigenvalue weighted by Gasteiger charge is -2.06. The van der Waals surface area contributed by atoms with Crippen LogP contribution >= 0.6 is 27.3 Å². The standard InChI is InChI=1S/C16H10BrNS/c17-11-5-7-12(8-6-11)18-14-4-2-1-3-13(14)16-15(18)9-10-19-16/h1-10H. The van der Waals surface area contributed by atoms with Gasteiger partial charge in [-0.1, -0.05) is 34.1 Å². The van der Waals surface area contributed by atoms with Crippen LogP contribution in [-0.2, 0) is 0 Å². The summed E-state index contributed by atoms with van der Waals surface area (Å²) in [6, 6.07) is 19.2. The van der Waals surface area contributed by atoms with Crippen LogP contribution in [0.4, 0.5) is 0 Å². The number of para-hydroxylation sites is 1. The molecule has 2 heterocycles. The van der Waals surface area contributed by atoms with Crippen LogP contribution in [0.3, 0.4) is 0 Å². The van der Waals surface area contributed by atoms with Gasteiger partial charge in [0.1, 0.15) is 0 Å².